The Morgan fingerprint density at radius 1 is 0.324 bits per heavy atom. The normalized spacial score (nSPS) is 12.4. The number of nitrogens with zero attached hydrogens (tertiary/aromatic N) is 3. The summed E-state index contributed by atoms with van der Waals surface area (Å²) in [6, 6.07) is 1.91. The molecule has 5 heterocycles. The van der Waals surface area contributed by atoms with Gasteiger partial charge in [-0.15, -0.1) is 0 Å². The van der Waals surface area contributed by atoms with Gasteiger partial charge >= 0.3 is 0 Å². The van der Waals surface area contributed by atoms with Crippen LogP contribution < -0.4 is 0 Å². The first-order valence-electron chi connectivity index (χ1n) is 18.8. The van der Waals surface area contributed by atoms with Crippen LogP contribution in [0.25, 0.3) is 90.5 Å². The molecule has 9 rings (SSSR count). The largest absolute Gasteiger partial charge is 0.354 e. The van der Waals surface area contributed by atoms with Crippen molar-refractivity contribution in [2.45, 2.75) is 0 Å². The maximum Gasteiger partial charge on any atom is 0.297 e. The zero-order valence-corrected chi connectivity index (χ0v) is 33.3. The smallest absolute Gasteiger partial charge is 0.297 e. The number of rotatable bonds is 5. The van der Waals surface area contributed by atoms with Crippen molar-refractivity contribution in [3.63, 3.8) is 0 Å². The first-order chi connectivity index (χ1) is 33.4. The lowest BCUT2D eigenvalue weighted by molar-refractivity contribution is -0.374. The van der Waals surface area contributed by atoms with Gasteiger partial charge in [0.15, 0.2) is 98.8 Å². The summed E-state index contributed by atoms with van der Waals surface area (Å²) in [5.41, 5.74) is -25.8. The van der Waals surface area contributed by atoms with Gasteiger partial charge in [-0.25, -0.2) is 97.8 Å². The van der Waals surface area contributed by atoms with Crippen LogP contribution in [-0.2, 0) is 0 Å². The van der Waals surface area contributed by atoms with Crippen molar-refractivity contribution in [3.8, 4) is 44.5 Å². The molecule has 8 bridgehead atoms. The summed E-state index contributed by atoms with van der Waals surface area (Å²) < 4.78 is 305. The van der Waals surface area contributed by atoms with Gasteiger partial charge in [-0.1, -0.05) is 0 Å². The van der Waals surface area contributed by atoms with Crippen molar-refractivity contribution in [1.82, 2.24) is 19.9 Å². The van der Waals surface area contributed by atoms with E-state index >= 15 is 52.7 Å². The molecule has 0 saturated carbocycles. The molecule has 0 atom stereocenters. The van der Waals surface area contributed by atoms with E-state index in [9.17, 15) is 45.2 Å². The van der Waals surface area contributed by atoms with Crippen molar-refractivity contribution in [1.29, 1.82) is 0 Å². The number of halogens is 20. The number of aromatic amines is 2. The molecule has 0 unspecified atom stereocenters. The van der Waals surface area contributed by atoms with Crippen LogP contribution in [0.5, 0.6) is 0 Å². The second kappa shape index (κ2) is 16.6. The molecule has 2 aliphatic heterocycles. The summed E-state index contributed by atoms with van der Waals surface area (Å²) in [6.45, 7) is 0. The Bertz CT molecular complexity index is 3770. The summed E-state index contributed by atoms with van der Waals surface area (Å²) in [5, 5.41) is 12.8. The van der Waals surface area contributed by atoms with E-state index in [0.29, 0.717) is 36.4 Å². The molecule has 362 valence electrons. The number of aromatic nitrogens is 4. The number of H-pyrrole nitrogens is 2. The van der Waals surface area contributed by atoms with E-state index in [1.807, 2.05) is 0 Å². The molecule has 0 saturated heterocycles. The van der Waals surface area contributed by atoms with Crippen molar-refractivity contribution < 1.29 is 92.7 Å². The van der Waals surface area contributed by atoms with Crippen LogP contribution in [0.1, 0.15) is 22.8 Å². The third kappa shape index (κ3) is 6.83. The van der Waals surface area contributed by atoms with Crippen LogP contribution in [-0.4, -0.2) is 24.9 Å². The SMILES string of the molecule is O=[N+]([O-])C1=Cc2nc1c(-c1c(F)c(F)c(F)c(F)c1F)c1ccc([nH]1)c(-c1c(F)c(F)c(F)c(F)c1F)c1nc(c(-c3c(F)c(F)c(F)c(F)c3F)c3ccc([nH]3)c2-c2c(F)c(F)c(F)c(F)c2F)C=C1. The molecule has 3 aromatic heterocycles. The molecule has 2 N–H and O–H groups in total. The number of hydrogen-bond donors (Lipinski definition) is 2. The first-order valence-corrected chi connectivity index (χ1v) is 18.8. The van der Waals surface area contributed by atoms with Gasteiger partial charge in [-0.3, -0.25) is 10.1 Å². The topological polar surface area (TPSA) is 100 Å². The minimum atomic E-state index is -2.85. The Morgan fingerprint density at radius 3 is 0.845 bits per heavy atom. The Balaban J connectivity index is 1.64. The Kier molecular flexibility index (Phi) is 11.1. The summed E-state index contributed by atoms with van der Waals surface area (Å²) >= 11 is 0. The average molecular weight is 1020 g/mol. The molecule has 71 heavy (non-hydrogen) atoms. The molecule has 27 heteroatoms. The maximum atomic E-state index is 15.9. The van der Waals surface area contributed by atoms with Crippen molar-refractivity contribution in [2.24, 2.45) is 0 Å². The van der Waals surface area contributed by atoms with Gasteiger partial charge < -0.3 is 9.97 Å². The quantitative estimate of drug-likeness (QED) is 0.0590. The summed E-state index contributed by atoms with van der Waals surface area (Å²) in [6.07, 6.45) is 1.11. The number of fused-ring (bicyclic) bond motifs is 8. The molecular weight excluding hydrogens is 1010 g/mol. The highest BCUT2D eigenvalue weighted by Crippen LogP contribution is 2.46. The maximum absolute atomic E-state index is 15.9. The molecule has 0 amide bonds. The number of nitro groups is 1. The number of hydrogen-bond acceptors (Lipinski definition) is 4. The van der Waals surface area contributed by atoms with E-state index in [1.54, 1.807) is 0 Å². The van der Waals surface area contributed by atoms with Gasteiger partial charge in [0, 0.05) is 50.4 Å². The van der Waals surface area contributed by atoms with E-state index in [2.05, 4.69) is 19.9 Å². The fraction of sp³-hybridized carbons (Fsp3) is 0. The lowest BCUT2D eigenvalue weighted by atomic mass is 10.00. The lowest BCUT2D eigenvalue weighted by Gasteiger charge is -2.12. The van der Waals surface area contributed by atoms with E-state index in [0.717, 1.165) is 0 Å². The first kappa shape index (κ1) is 47.5. The zero-order valence-electron chi connectivity index (χ0n) is 33.3. The average Bonchev–Trinajstić information content (AvgIpc) is 4.20. The second-order valence-corrected chi connectivity index (χ2v) is 14.7. The third-order valence-corrected chi connectivity index (χ3v) is 10.9. The van der Waals surface area contributed by atoms with E-state index in [1.165, 1.54) is 0 Å². The molecule has 0 spiro atoms. The molecule has 4 aromatic carbocycles. The highest BCUT2D eigenvalue weighted by molar-refractivity contribution is 6.01. The Morgan fingerprint density at radius 2 is 0.563 bits per heavy atom. The standard InChI is InChI=1S/C44H9F20N5O2/c45-24-20(25(46)33(54)40(61)32(24)53)16-8-1-2-9(65-8)17(21-26(47)34(55)41(62)35(56)27(21)48)11-5-6-13(67-11)19(23-30(51)38(59)43(64)39(60)31(23)52)44-15(69(70)71)7-14(68-44)18(12-4-3-10(16)66-12)22-28(49)36(57)42(63)37(58)29(22)50/h1-7,66-67H. The summed E-state index contributed by atoms with van der Waals surface area (Å²) in [4.78, 5) is 23.0. The van der Waals surface area contributed by atoms with Crippen LogP contribution >= 0.6 is 0 Å². The van der Waals surface area contributed by atoms with Crippen LogP contribution in [0.2, 0.25) is 0 Å². The lowest BCUT2D eigenvalue weighted by Crippen LogP contribution is -2.07. The van der Waals surface area contributed by atoms with Gasteiger partial charge in [-0.2, -0.15) is 0 Å². The predicted octanol–water partition coefficient (Wildman–Crippen LogP) is 13.7. The fourth-order valence-electron chi connectivity index (χ4n) is 7.75. The van der Waals surface area contributed by atoms with Gasteiger partial charge in [0.25, 0.3) is 5.70 Å². The van der Waals surface area contributed by atoms with Crippen molar-refractivity contribution in [2.75, 3.05) is 0 Å². The van der Waals surface area contributed by atoms with Crippen LogP contribution in [0.15, 0.2) is 24.3 Å². The minimum Gasteiger partial charge on any atom is -0.354 e. The molecule has 2 aliphatic rings. The second-order valence-electron chi connectivity index (χ2n) is 14.7. The van der Waals surface area contributed by atoms with E-state index in [4.69, 9.17) is 0 Å². The molecule has 7 nitrogen and oxygen atoms in total. The van der Waals surface area contributed by atoms with Crippen LogP contribution in [0, 0.1) is 126 Å². The molecule has 0 aliphatic carbocycles. The monoisotopic (exact) mass is 1020 g/mol. The molecular formula is C44H9F20N5O2. The molecule has 0 radical (unpaired) electrons. The van der Waals surface area contributed by atoms with Gasteiger partial charge in [-0.05, 0) is 36.4 Å². The van der Waals surface area contributed by atoms with Crippen molar-refractivity contribution >= 4 is 46.0 Å². The summed E-state index contributed by atoms with van der Waals surface area (Å²) in [7, 11) is 0. The third-order valence-electron chi connectivity index (χ3n) is 10.9. The van der Waals surface area contributed by atoms with Gasteiger partial charge in [0.2, 0.25) is 23.3 Å². The summed E-state index contributed by atoms with van der Waals surface area (Å²) in [5.74, 6) is -54.9. The van der Waals surface area contributed by atoms with E-state index in [-0.39, 0.29) is 6.08 Å². The zero-order chi connectivity index (χ0) is 51.7. The fourth-order valence-corrected chi connectivity index (χ4v) is 7.75. The predicted molar refractivity (Wildman–Crippen MR) is 206 cm³/mol. The highest BCUT2D eigenvalue weighted by Gasteiger charge is 2.38. The Hall–Kier alpha value is -8.52. The van der Waals surface area contributed by atoms with Crippen LogP contribution in [0.4, 0.5) is 87.8 Å². The number of nitrogens with one attached hydrogen (secondary N) is 2. The van der Waals surface area contributed by atoms with E-state index < -0.39 is 216 Å². The van der Waals surface area contributed by atoms with Crippen LogP contribution in [0.3, 0.4) is 0 Å². The van der Waals surface area contributed by atoms with Gasteiger partial charge in [0.1, 0.15) is 0 Å². The number of benzene rings is 4. The Labute approximate surface area is 376 Å². The molecule has 0 fully saturated rings. The minimum absolute atomic E-state index is 0.0584. The highest BCUT2D eigenvalue weighted by atomic mass is 19.2. The molecule has 7 aromatic rings. The van der Waals surface area contributed by atoms with Crippen molar-refractivity contribution in [3.05, 3.63) is 173 Å². The van der Waals surface area contributed by atoms with Gasteiger partial charge in [0.05, 0.1) is 44.3 Å².